The average molecular weight is 378 g/mol. The average Bonchev–Trinajstić information content (AvgIpc) is 3.16. The monoisotopic (exact) mass is 378 g/mol. The van der Waals surface area contributed by atoms with E-state index in [0.29, 0.717) is 18.9 Å². The molecule has 2 aliphatic heterocycles. The number of hydrogen-bond acceptors (Lipinski definition) is 4. The molecule has 2 saturated heterocycles. The van der Waals surface area contributed by atoms with E-state index in [9.17, 15) is 18.0 Å². The summed E-state index contributed by atoms with van der Waals surface area (Å²) in [6.45, 7) is 4.55. The fraction of sp³-hybridized carbons (Fsp3) is 0.579. The van der Waals surface area contributed by atoms with Crippen molar-refractivity contribution in [2.75, 3.05) is 30.0 Å². The Morgan fingerprint density at radius 2 is 2.04 bits per heavy atom. The van der Waals surface area contributed by atoms with Crippen molar-refractivity contribution in [3.63, 3.8) is 0 Å². The fourth-order valence-electron chi connectivity index (χ4n) is 3.72. The highest BCUT2D eigenvalue weighted by Gasteiger charge is 2.40. The Hall–Kier alpha value is -1.89. The number of anilines is 1. The molecule has 2 heterocycles. The Morgan fingerprint density at radius 1 is 1.31 bits per heavy atom. The molecule has 7 heteroatoms. The van der Waals surface area contributed by atoms with Crippen LogP contribution >= 0.6 is 0 Å². The molecule has 0 unspecified atom stereocenters. The van der Waals surface area contributed by atoms with Gasteiger partial charge in [-0.1, -0.05) is 26.0 Å². The highest BCUT2D eigenvalue weighted by Crippen LogP contribution is 2.29. The van der Waals surface area contributed by atoms with Crippen LogP contribution in [-0.2, 0) is 19.4 Å². The second-order valence-corrected chi connectivity index (χ2v) is 9.89. The van der Waals surface area contributed by atoms with Crippen LogP contribution in [0, 0.1) is 5.92 Å². The largest absolute Gasteiger partial charge is 0.341 e. The second-order valence-electron chi connectivity index (χ2n) is 7.66. The van der Waals surface area contributed by atoms with E-state index in [0.717, 1.165) is 11.3 Å². The fourth-order valence-corrected chi connectivity index (χ4v) is 5.50. The molecule has 2 amide bonds. The second kappa shape index (κ2) is 7.02. The summed E-state index contributed by atoms with van der Waals surface area (Å²) in [6, 6.07) is 7.59. The molecule has 0 N–H and O–H groups in total. The molecule has 2 fully saturated rings. The van der Waals surface area contributed by atoms with E-state index in [1.165, 1.54) is 4.90 Å². The zero-order chi connectivity index (χ0) is 19.1. The third-order valence-corrected chi connectivity index (χ3v) is 7.18. The van der Waals surface area contributed by atoms with Crippen molar-refractivity contribution in [2.24, 2.45) is 5.92 Å². The van der Waals surface area contributed by atoms with E-state index in [1.54, 1.807) is 11.9 Å². The van der Waals surface area contributed by atoms with Gasteiger partial charge in [0.1, 0.15) is 0 Å². The zero-order valence-electron chi connectivity index (χ0n) is 15.5. The van der Waals surface area contributed by atoms with E-state index >= 15 is 0 Å². The minimum atomic E-state index is -3.05. The van der Waals surface area contributed by atoms with Gasteiger partial charge in [0.05, 0.1) is 17.4 Å². The molecule has 2 aliphatic rings. The standard InChI is InChI=1S/C19H26N2O4S/c1-13(2)14-5-4-6-16(9-14)21-11-15(10-18(21)22)19(23)20(3)17-7-8-26(24,25)12-17/h4-6,9,13,15,17H,7-8,10-12H2,1-3H3/t15-,17-/m0/s1. The Labute approximate surface area is 155 Å². The van der Waals surface area contributed by atoms with Crippen LogP contribution in [0.25, 0.3) is 0 Å². The smallest absolute Gasteiger partial charge is 0.228 e. The molecule has 0 radical (unpaired) electrons. The van der Waals surface area contributed by atoms with Crippen LogP contribution in [0.1, 0.15) is 38.2 Å². The highest BCUT2D eigenvalue weighted by atomic mass is 32.2. The molecule has 26 heavy (non-hydrogen) atoms. The van der Waals surface area contributed by atoms with Gasteiger partial charge in [-0.25, -0.2) is 8.42 Å². The van der Waals surface area contributed by atoms with E-state index in [1.807, 2.05) is 24.3 Å². The van der Waals surface area contributed by atoms with Crippen molar-refractivity contribution in [1.82, 2.24) is 4.90 Å². The lowest BCUT2D eigenvalue weighted by Gasteiger charge is -2.26. The van der Waals surface area contributed by atoms with E-state index < -0.39 is 15.8 Å². The third kappa shape index (κ3) is 3.77. The number of carbonyl (C=O) groups excluding carboxylic acids is 2. The first kappa shape index (κ1) is 18.9. The van der Waals surface area contributed by atoms with Gasteiger partial charge in [-0.3, -0.25) is 9.59 Å². The topological polar surface area (TPSA) is 74.8 Å². The van der Waals surface area contributed by atoms with Crippen LogP contribution in [0.2, 0.25) is 0 Å². The number of carbonyl (C=O) groups is 2. The molecule has 0 bridgehead atoms. The number of sulfone groups is 1. The van der Waals surface area contributed by atoms with Gasteiger partial charge in [-0.2, -0.15) is 0 Å². The van der Waals surface area contributed by atoms with Gasteiger partial charge in [0.2, 0.25) is 11.8 Å². The Morgan fingerprint density at radius 3 is 2.65 bits per heavy atom. The summed E-state index contributed by atoms with van der Waals surface area (Å²) in [5.74, 6) is -0.0954. The normalized spacial score (nSPS) is 25.1. The number of amides is 2. The predicted octanol–water partition coefficient (Wildman–Crippen LogP) is 1.81. The lowest BCUT2D eigenvalue weighted by Crippen LogP contribution is -2.42. The molecule has 0 aromatic heterocycles. The maximum Gasteiger partial charge on any atom is 0.228 e. The lowest BCUT2D eigenvalue weighted by atomic mass is 10.0. The molecule has 0 aliphatic carbocycles. The number of benzene rings is 1. The van der Waals surface area contributed by atoms with Crippen LogP contribution in [0.15, 0.2) is 24.3 Å². The van der Waals surface area contributed by atoms with E-state index in [4.69, 9.17) is 0 Å². The molecule has 1 aromatic carbocycles. The summed E-state index contributed by atoms with van der Waals surface area (Å²) in [5, 5.41) is 0. The molecule has 3 rings (SSSR count). The summed E-state index contributed by atoms with van der Waals surface area (Å²) >= 11 is 0. The number of nitrogens with zero attached hydrogens (tertiary/aromatic N) is 2. The molecule has 0 spiro atoms. The van der Waals surface area contributed by atoms with Gasteiger partial charge in [0, 0.05) is 31.7 Å². The molecule has 0 saturated carbocycles. The number of hydrogen-bond donors (Lipinski definition) is 0. The first-order valence-electron chi connectivity index (χ1n) is 9.05. The van der Waals surface area contributed by atoms with Crippen molar-refractivity contribution in [3.05, 3.63) is 29.8 Å². The first-order chi connectivity index (χ1) is 12.2. The van der Waals surface area contributed by atoms with Gasteiger partial charge < -0.3 is 9.80 Å². The van der Waals surface area contributed by atoms with Crippen LogP contribution in [0.4, 0.5) is 5.69 Å². The van der Waals surface area contributed by atoms with Gasteiger partial charge in [0.25, 0.3) is 0 Å². The molecule has 1 aromatic rings. The minimum absolute atomic E-state index is 0.0239. The van der Waals surface area contributed by atoms with Crippen molar-refractivity contribution in [2.45, 2.75) is 38.6 Å². The van der Waals surface area contributed by atoms with E-state index in [2.05, 4.69) is 13.8 Å². The molecular weight excluding hydrogens is 352 g/mol. The van der Waals surface area contributed by atoms with Gasteiger partial charge in [-0.05, 0) is 30.0 Å². The summed E-state index contributed by atoms with van der Waals surface area (Å²) in [6.07, 6.45) is 0.653. The maximum absolute atomic E-state index is 12.8. The molecule has 6 nitrogen and oxygen atoms in total. The van der Waals surface area contributed by atoms with Gasteiger partial charge >= 0.3 is 0 Å². The predicted molar refractivity (Wildman–Crippen MR) is 101 cm³/mol. The van der Waals surface area contributed by atoms with Crippen LogP contribution < -0.4 is 4.90 Å². The van der Waals surface area contributed by atoms with Crippen molar-refractivity contribution < 1.29 is 18.0 Å². The quantitative estimate of drug-likeness (QED) is 0.801. The Bertz CT molecular complexity index is 819. The summed E-state index contributed by atoms with van der Waals surface area (Å²) in [4.78, 5) is 28.5. The van der Waals surface area contributed by atoms with Crippen LogP contribution in [0.3, 0.4) is 0 Å². The zero-order valence-corrected chi connectivity index (χ0v) is 16.3. The minimum Gasteiger partial charge on any atom is -0.341 e. The Balaban J connectivity index is 1.71. The Kier molecular flexibility index (Phi) is 5.10. The van der Waals surface area contributed by atoms with Crippen molar-refractivity contribution in [1.29, 1.82) is 0 Å². The highest BCUT2D eigenvalue weighted by molar-refractivity contribution is 7.91. The summed E-state index contributed by atoms with van der Waals surface area (Å²) in [7, 11) is -1.39. The van der Waals surface area contributed by atoms with Gasteiger partial charge in [-0.15, -0.1) is 0 Å². The van der Waals surface area contributed by atoms with Crippen LogP contribution in [-0.4, -0.2) is 56.3 Å². The van der Waals surface area contributed by atoms with Crippen molar-refractivity contribution >= 4 is 27.3 Å². The first-order valence-corrected chi connectivity index (χ1v) is 10.9. The molecule has 2 atom stereocenters. The van der Waals surface area contributed by atoms with E-state index in [-0.39, 0.29) is 35.8 Å². The maximum atomic E-state index is 12.8. The molecular formula is C19H26N2O4S. The van der Waals surface area contributed by atoms with Crippen molar-refractivity contribution in [3.8, 4) is 0 Å². The SMILES string of the molecule is CC(C)c1cccc(N2C[C@@H](C(=O)N(C)[C@H]3CCS(=O)(=O)C3)CC2=O)c1. The van der Waals surface area contributed by atoms with Gasteiger partial charge in [0.15, 0.2) is 9.84 Å². The van der Waals surface area contributed by atoms with Crippen LogP contribution in [0.5, 0.6) is 0 Å². The third-order valence-electron chi connectivity index (χ3n) is 5.43. The molecule has 142 valence electrons. The summed E-state index contributed by atoms with van der Waals surface area (Å²) < 4.78 is 23.3. The lowest BCUT2D eigenvalue weighted by molar-refractivity contribution is -0.136. The number of rotatable bonds is 4. The summed E-state index contributed by atoms with van der Waals surface area (Å²) in [5.41, 5.74) is 1.97.